The summed E-state index contributed by atoms with van der Waals surface area (Å²) < 4.78 is 19.9. The van der Waals surface area contributed by atoms with Crippen molar-refractivity contribution in [1.82, 2.24) is 9.55 Å². The summed E-state index contributed by atoms with van der Waals surface area (Å²) in [6, 6.07) is 1.16. The molecule has 1 aromatic rings. The van der Waals surface area contributed by atoms with E-state index >= 15 is 0 Å². The van der Waals surface area contributed by atoms with Crippen molar-refractivity contribution in [1.29, 1.82) is 0 Å². The third-order valence-electron chi connectivity index (χ3n) is 2.81. The van der Waals surface area contributed by atoms with Gasteiger partial charge < -0.3 is 9.84 Å². The van der Waals surface area contributed by atoms with Crippen LogP contribution in [0.4, 0.5) is 4.39 Å². The summed E-state index contributed by atoms with van der Waals surface area (Å²) in [4.78, 5) is 24.5. The first-order chi connectivity index (χ1) is 7.95. The second-order valence-electron chi connectivity index (χ2n) is 4.25. The van der Waals surface area contributed by atoms with Crippen LogP contribution in [0.3, 0.4) is 0 Å². The Morgan fingerprint density at radius 1 is 1.71 bits per heavy atom. The highest BCUT2D eigenvalue weighted by molar-refractivity contribution is 4.89. The highest BCUT2D eigenvalue weighted by Crippen LogP contribution is 2.40. The minimum atomic E-state index is -2.13. The first-order valence-corrected chi connectivity index (χ1v) is 5.24. The van der Waals surface area contributed by atoms with Crippen molar-refractivity contribution in [3.05, 3.63) is 33.1 Å². The van der Waals surface area contributed by atoms with Crippen LogP contribution in [0.5, 0.6) is 0 Å². The molecule has 2 N–H and O–H groups in total. The lowest BCUT2D eigenvalue weighted by molar-refractivity contribution is -0.178. The quantitative estimate of drug-likeness (QED) is 0.751. The fourth-order valence-electron chi connectivity index (χ4n) is 2.02. The molecule has 1 aromatic heterocycles. The average molecular weight is 244 g/mol. The van der Waals surface area contributed by atoms with Crippen LogP contribution in [0.2, 0.25) is 0 Å². The molecule has 0 aromatic carbocycles. The van der Waals surface area contributed by atoms with Crippen LogP contribution in [0.25, 0.3) is 0 Å². The zero-order valence-electron chi connectivity index (χ0n) is 9.22. The summed E-state index contributed by atoms with van der Waals surface area (Å²) in [5.41, 5.74) is -1.18. The number of nitrogens with one attached hydrogen (secondary N) is 1. The minimum Gasteiger partial charge on any atom is -0.390 e. The van der Waals surface area contributed by atoms with Gasteiger partial charge >= 0.3 is 5.69 Å². The molecule has 0 bridgehead atoms. The van der Waals surface area contributed by atoms with Crippen molar-refractivity contribution in [2.45, 2.75) is 25.4 Å². The molecule has 1 fully saturated rings. The highest BCUT2D eigenvalue weighted by atomic mass is 19.2. The largest absolute Gasteiger partial charge is 0.390 e. The molecule has 0 amide bonds. The van der Waals surface area contributed by atoms with Gasteiger partial charge in [0.1, 0.15) is 12.8 Å². The van der Waals surface area contributed by atoms with E-state index in [2.05, 4.69) is 4.98 Å². The number of rotatable bonds is 2. The second kappa shape index (κ2) is 4.08. The molecule has 7 heteroatoms. The van der Waals surface area contributed by atoms with Crippen molar-refractivity contribution in [2.75, 3.05) is 6.61 Å². The zero-order chi connectivity index (χ0) is 12.6. The van der Waals surface area contributed by atoms with Crippen LogP contribution < -0.4 is 11.2 Å². The topological polar surface area (TPSA) is 84.3 Å². The van der Waals surface area contributed by atoms with Crippen LogP contribution in [-0.4, -0.2) is 27.1 Å². The molecule has 3 atom stereocenters. The number of aliphatic hydroxyl groups is 1. The van der Waals surface area contributed by atoms with Gasteiger partial charge in [0.25, 0.3) is 5.56 Å². The summed E-state index contributed by atoms with van der Waals surface area (Å²) >= 11 is 0. The molecule has 1 saturated heterocycles. The van der Waals surface area contributed by atoms with Crippen molar-refractivity contribution < 1.29 is 14.2 Å². The van der Waals surface area contributed by atoms with Crippen molar-refractivity contribution >= 4 is 0 Å². The van der Waals surface area contributed by atoms with Gasteiger partial charge in [-0.05, 0) is 0 Å². The number of hydrogen-bond donors (Lipinski definition) is 2. The summed E-state index contributed by atoms with van der Waals surface area (Å²) in [6.45, 7) is 0.950. The average Bonchev–Trinajstić information content (AvgIpc) is 2.55. The molecule has 17 heavy (non-hydrogen) atoms. The Morgan fingerprint density at radius 3 is 2.94 bits per heavy atom. The molecule has 2 rings (SSSR count). The van der Waals surface area contributed by atoms with E-state index < -0.39 is 29.9 Å². The fourth-order valence-corrected chi connectivity index (χ4v) is 2.02. The maximum Gasteiger partial charge on any atom is 0.330 e. The fraction of sp³-hybridized carbons (Fsp3) is 0.600. The smallest absolute Gasteiger partial charge is 0.330 e. The lowest BCUT2D eigenvalue weighted by Crippen LogP contribution is -2.34. The second-order valence-corrected chi connectivity index (χ2v) is 4.25. The lowest BCUT2D eigenvalue weighted by atomic mass is 10.1. The van der Waals surface area contributed by atoms with E-state index in [1.54, 1.807) is 6.92 Å². The maximum atomic E-state index is 13.8. The molecule has 0 spiro atoms. The van der Waals surface area contributed by atoms with Crippen LogP contribution in [0, 0.1) is 5.92 Å². The van der Waals surface area contributed by atoms with Gasteiger partial charge in [-0.2, -0.15) is 0 Å². The molecular weight excluding hydrogens is 231 g/mol. The Hall–Kier alpha value is -1.47. The number of ether oxygens (including phenoxy) is 1. The number of nitrogens with zero attached hydrogens (tertiary/aromatic N) is 1. The van der Waals surface area contributed by atoms with Gasteiger partial charge in [0, 0.05) is 24.6 Å². The summed E-state index contributed by atoms with van der Waals surface area (Å²) in [6.07, 6.45) is 0.432. The Labute approximate surface area is 95.7 Å². The predicted octanol–water partition coefficient (Wildman–Crippen LogP) is -0.250. The molecule has 0 radical (unpaired) electrons. The number of aromatic amines is 1. The van der Waals surface area contributed by atoms with E-state index in [1.165, 1.54) is 6.20 Å². The first kappa shape index (κ1) is 12.0. The third kappa shape index (κ3) is 2.16. The van der Waals surface area contributed by atoms with Crippen molar-refractivity contribution in [3.8, 4) is 0 Å². The van der Waals surface area contributed by atoms with E-state index in [9.17, 15) is 14.0 Å². The first-order valence-electron chi connectivity index (χ1n) is 5.24. The Balaban J connectivity index is 2.35. The van der Waals surface area contributed by atoms with Gasteiger partial charge in [-0.25, -0.2) is 9.18 Å². The number of aliphatic hydroxyl groups excluding tert-OH is 1. The van der Waals surface area contributed by atoms with Gasteiger partial charge in [-0.15, -0.1) is 0 Å². The molecule has 2 heterocycles. The normalized spacial score (nSPS) is 32.9. The van der Waals surface area contributed by atoms with Crippen LogP contribution in [-0.2, 0) is 4.74 Å². The molecule has 1 aliphatic heterocycles. The van der Waals surface area contributed by atoms with Crippen LogP contribution in [0.15, 0.2) is 21.9 Å². The maximum absolute atomic E-state index is 13.8. The van der Waals surface area contributed by atoms with E-state index in [-0.39, 0.29) is 12.3 Å². The molecule has 0 saturated carbocycles. The number of hydrogen-bond acceptors (Lipinski definition) is 4. The predicted molar refractivity (Wildman–Crippen MR) is 56.2 cm³/mol. The van der Waals surface area contributed by atoms with Gasteiger partial charge in [0.15, 0.2) is 0 Å². The van der Waals surface area contributed by atoms with Crippen molar-refractivity contribution in [3.63, 3.8) is 0 Å². The van der Waals surface area contributed by atoms with Crippen molar-refractivity contribution in [2.24, 2.45) is 5.92 Å². The molecular formula is C10H13FN2O4. The summed E-state index contributed by atoms with van der Waals surface area (Å²) in [5.74, 6) is -2.41. The van der Waals surface area contributed by atoms with E-state index in [0.717, 1.165) is 10.6 Å². The number of aromatic nitrogens is 2. The van der Waals surface area contributed by atoms with Crippen LogP contribution in [0.1, 0.15) is 19.6 Å². The Kier molecular flexibility index (Phi) is 2.88. The summed E-state index contributed by atoms with van der Waals surface area (Å²) in [5, 5.41) is 8.88. The standard InChI is InChI=1S/C10H13FN2O4/c1-6-4-10(11,5-14)17-8(6)13-3-2-7(15)12-9(13)16/h2-3,6,8,14H,4-5H2,1H3,(H,12,15,16)/t6-,8+,10-/m0/s1. The van der Waals surface area contributed by atoms with Crippen LogP contribution >= 0.6 is 0 Å². The van der Waals surface area contributed by atoms with Gasteiger partial charge in [-0.1, -0.05) is 6.92 Å². The zero-order valence-corrected chi connectivity index (χ0v) is 9.22. The highest BCUT2D eigenvalue weighted by Gasteiger charge is 2.45. The van der Waals surface area contributed by atoms with Gasteiger partial charge in [-0.3, -0.25) is 14.3 Å². The van der Waals surface area contributed by atoms with E-state index in [4.69, 9.17) is 9.84 Å². The molecule has 1 aliphatic rings. The lowest BCUT2D eigenvalue weighted by Gasteiger charge is -2.19. The SMILES string of the molecule is C[C@H]1C[C@@](F)(CO)O[C@H]1n1ccc(=O)[nH]c1=O. The molecule has 0 aliphatic carbocycles. The van der Waals surface area contributed by atoms with Gasteiger partial charge in [0.05, 0.1) is 0 Å². The minimum absolute atomic E-state index is 0.000265. The number of H-pyrrole nitrogens is 1. The molecule has 6 nitrogen and oxygen atoms in total. The Morgan fingerprint density at radius 2 is 2.41 bits per heavy atom. The van der Waals surface area contributed by atoms with E-state index in [1.807, 2.05) is 0 Å². The number of halogens is 1. The molecule has 94 valence electrons. The molecule has 0 unspecified atom stereocenters. The van der Waals surface area contributed by atoms with E-state index in [0.29, 0.717) is 0 Å². The van der Waals surface area contributed by atoms with Gasteiger partial charge in [0.2, 0.25) is 5.85 Å². The monoisotopic (exact) mass is 244 g/mol. The number of alkyl halides is 1. The third-order valence-corrected chi connectivity index (χ3v) is 2.81. The summed E-state index contributed by atoms with van der Waals surface area (Å²) in [7, 11) is 0. The Bertz CT molecular complexity index is 526.